The van der Waals surface area contributed by atoms with Crippen molar-refractivity contribution >= 4 is 0 Å². The topological polar surface area (TPSA) is 36.3 Å². The van der Waals surface area contributed by atoms with E-state index in [1.54, 1.807) is 12.1 Å². The Balaban J connectivity index is 1.77. The second kappa shape index (κ2) is 5.41. The molecule has 96 valence electrons. The second-order valence-corrected chi connectivity index (χ2v) is 5.68. The van der Waals surface area contributed by atoms with E-state index in [0.717, 1.165) is 25.4 Å². The molecule has 3 nitrogen and oxygen atoms in total. The van der Waals surface area contributed by atoms with Crippen molar-refractivity contribution in [2.45, 2.75) is 20.3 Å². The fourth-order valence-corrected chi connectivity index (χ4v) is 2.36. The summed E-state index contributed by atoms with van der Waals surface area (Å²) in [5, 5.41) is 8.80. The summed E-state index contributed by atoms with van der Waals surface area (Å²) in [6, 6.07) is 9.44. The smallest absolute Gasteiger partial charge is 0.120 e. The molecule has 0 amide bonds. The predicted octanol–water partition coefficient (Wildman–Crippen LogP) is 2.67. The predicted molar refractivity (Wildman–Crippen MR) is 71.5 cm³/mol. The summed E-state index contributed by atoms with van der Waals surface area (Å²) >= 11 is 0. The second-order valence-electron chi connectivity index (χ2n) is 5.68. The number of rotatable bonds is 4. The number of ether oxygens (including phenoxy) is 1. The van der Waals surface area contributed by atoms with E-state index >= 15 is 0 Å². The summed E-state index contributed by atoms with van der Waals surface area (Å²) in [5.74, 6) is 0.785. The van der Waals surface area contributed by atoms with Gasteiger partial charge >= 0.3 is 0 Å². The lowest BCUT2D eigenvalue weighted by atomic mass is 9.93. The Kier molecular flexibility index (Phi) is 3.88. The van der Waals surface area contributed by atoms with Crippen molar-refractivity contribution in [2.75, 3.05) is 26.2 Å². The maximum absolute atomic E-state index is 8.80. The molecule has 1 saturated heterocycles. The molecule has 18 heavy (non-hydrogen) atoms. The molecule has 0 aliphatic carbocycles. The molecule has 0 radical (unpaired) electrons. The number of nitriles is 1. The Hall–Kier alpha value is -1.53. The van der Waals surface area contributed by atoms with E-state index in [9.17, 15) is 0 Å². The lowest BCUT2D eigenvalue weighted by molar-refractivity contribution is 0.222. The van der Waals surface area contributed by atoms with Crippen molar-refractivity contribution in [3.8, 4) is 11.8 Å². The lowest BCUT2D eigenvalue weighted by Crippen LogP contribution is -2.27. The van der Waals surface area contributed by atoms with Gasteiger partial charge in [0.05, 0.1) is 11.6 Å². The van der Waals surface area contributed by atoms with E-state index in [-0.39, 0.29) is 0 Å². The lowest BCUT2D eigenvalue weighted by Gasteiger charge is -2.19. The average molecular weight is 244 g/mol. The van der Waals surface area contributed by atoms with Gasteiger partial charge in [-0.1, -0.05) is 19.9 Å². The first-order chi connectivity index (χ1) is 8.59. The van der Waals surface area contributed by atoms with Crippen molar-refractivity contribution in [3.63, 3.8) is 0 Å². The molecule has 1 aromatic carbocycles. The maximum Gasteiger partial charge on any atom is 0.120 e. The fourth-order valence-electron chi connectivity index (χ4n) is 2.36. The number of benzene rings is 1. The molecule has 0 spiro atoms. The van der Waals surface area contributed by atoms with Crippen molar-refractivity contribution in [3.05, 3.63) is 29.8 Å². The Morgan fingerprint density at radius 3 is 2.94 bits per heavy atom. The minimum Gasteiger partial charge on any atom is -0.492 e. The van der Waals surface area contributed by atoms with E-state index in [2.05, 4.69) is 24.8 Å². The van der Waals surface area contributed by atoms with Gasteiger partial charge in [0.1, 0.15) is 12.4 Å². The highest BCUT2D eigenvalue weighted by Crippen LogP contribution is 2.28. The Morgan fingerprint density at radius 2 is 2.28 bits per heavy atom. The van der Waals surface area contributed by atoms with Gasteiger partial charge in [0.15, 0.2) is 0 Å². The quantitative estimate of drug-likeness (QED) is 0.817. The van der Waals surface area contributed by atoms with Crippen LogP contribution in [0.2, 0.25) is 0 Å². The standard InChI is InChI=1S/C15H20N2O/c1-15(2)6-7-17(12-15)8-9-18-14-5-3-4-13(10-14)11-16/h3-5,10H,6-9,12H2,1-2H3. The van der Waals surface area contributed by atoms with Crippen LogP contribution >= 0.6 is 0 Å². The molecule has 0 unspecified atom stereocenters. The first kappa shape index (κ1) is 12.9. The summed E-state index contributed by atoms with van der Waals surface area (Å²) < 4.78 is 5.69. The van der Waals surface area contributed by atoms with Crippen LogP contribution in [0, 0.1) is 16.7 Å². The van der Waals surface area contributed by atoms with Crippen LogP contribution in [-0.4, -0.2) is 31.1 Å². The molecular weight excluding hydrogens is 224 g/mol. The first-order valence-corrected chi connectivity index (χ1v) is 6.44. The van der Waals surface area contributed by atoms with Crippen LogP contribution in [0.5, 0.6) is 5.75 Å². The molecule has 2 rings (SSSR count). The summed E-state index contributed by atoms with van der Waals surface area (Å²) in [5.41, 5.74) is 1.09. The highest BCUT2D eigenvalue weighted by molar-refractivity contribution is 5.36. The summed E-state index contributed by atoms with van der Waals surface area (Å²) in [4.78, 5) is 2.44. The van der Waals surface area contributed by atoms with E-state index in [1.807, 2.05) is 12.1 Å². The molecule has 0 aromatic heterocycles. The third kappa shape index (κ3) is 3.48. The van der Waals surface area contributed by atoms with Crippen molar-refractivity contribution < 1.29 is 4.74 Å². The van der Waals surface area contributed by atoms with Crippen LogP contribution in [0.1, 0.15) is 25.8 Å². The summed E-state index contributed by atoms with van der Waals surface area (Å²) in [6.07, 6.45) is 1.26. The molecule has 1 fully saturated rings. The molecular formula is C15H20N2O. The summed E-state index contributed by atoms with van der Waals surface area (Å²) in [6.45, 7) is 8.57. The monoisotopic (exact) mass is 244 g/mol. The molecule has 3 heteroatoms. The molecule has 0 saturated carbocycles. The molecule has 1 aliphatic rings. The molecule has 1 aliphatic heterocycles. The average Bonchev–Trinajstić information content (AvgIpc) is 2.69. The van der Waals surface area contributed by atoms with Gasteiger partial charge in [-0.05, 0) is 36.6 Å². The van der Waals surface area contributed by atoms with Crippen LogP contribution in [-0.2, 0) is 0 Å². The van der Waals surface area contributed by atoms with Crippen molar-refractivity contribution in [1.29, 1.82) is 5.26 Å². The van der Waals surface area contributed by atoms with E-state index < -0.39 is 0 Å². The SMILES string of the molecule is CC1(C)CCN(CCOc2cccc(C#N)c2)C1. The van der Waals surface area contributed by atoms with Crippen LogP contribution in [0.3, 0.4) is 0 Å². The van der Waals surface area contributed by atoms with Gasteiger partial charge in [-0.15, -0.1) is 0 Å². The Morgan fingerprint density at radius 1 is 1.44 bits per heavy atom. The van der Waals surface area contributed by atoms with Gasteiger partial charge in [-0.2, -0.15) is 5.26 Å². The third-order valence-corrected chi connectivity index (χ3v) is 3.40. The van der Waals surface area contributed by atoms with E-state index in [1.165, 1.54) is 6.42 Å². The first-order valence-electron chi connectivity index (χ1n) is 6.44. The van der Waals surface area contributed by atoms with Crippen molar-refractivity contribution in [1.82, 2.24) is 4.90 Å². The molecule has 0 atom stereocenters. The van der Waals surface area contributed by atoms with Crippen LogP contribution in [0.4, 0.5) is 0 Å². The number of likely N-dealkylation sites (tertiary alicyclic amines) is 1. The van der Waals surface area contributed by atoms with Crippen LogP contribution in [0.15, 0.2) is 24.3 Å². The van der Waals surface area contributed by atoms with Gasteiger partial charge in [0.25, 0.3) is 0 Å². The number of hydrogen-bond donors (Lipinski definition) is 0. The van der Waals surface area contributed by atoms with Gasteiger partial charge in [0, 0.05) is 13.1 Å². The third-order valence-electron chi connectivity index (χ3n) is 3.40. The zero-order chi connectivity index (χ0) is 13.0. The minimum absolute atomic E-state index is 0.445. The molecule has 1 heterocycles. The zero-order valence-corrected chi connectivity index (χ0v) is 11.1. The van der Waals surface area contributed by atoms with Crippen LogP contribution in [0.25, 0.3) is 0 Å². The summed E-state index contributed by atoms with van der Waals surface area (Å²) in [7, 11) is 0. The molecule has 0 bridgehead atoms. The normalized spacial score (nSPS) is 18.5. The zero-order valence-electron chi connectivity index (χ0n) is 11.1. The molecule has 1 aromatic rings. The van der Waals surface area contributed by atoms with Gasteiger partial charge in [-0.25, -0.2) is 0 Å². The van der Waals surface area contributed by atoms with E-state index in [0.29, 0.717) is 17.6 Å². The highest BCUT2D eigenvalue weighted by atomic mass is 16.5. The highest BCUT2D eigenvalue weighted by Gasteiger charge is 2.28. The van der Waals surface area contributed by atoms with Crippen LogP contribution < -0.4 is 4.74 Å². The minimum atomic E-state index is 0.445. The molecule has 0 N–H and O–H groups in total. The van der Waals surface area contributed by atoms with Gasteiger partial charge < -0.3 is 4.74 Å². The fraction of sp³-hybridized carbons (Fsp3) is 0.533. The largest absolute Gasteiger partial charge is 0.492 e. The Labute approximate surface area is 109 Å². The van der Waals surface area contributed by atoms with Gasteiger partial charge in [0.2, 0.25) is 0 Å². The van der Waals surface area contributed by atoms with Gasteiger partial charge in [-0.3, -0.25) is 4.90 Å². The van der Waals surface area contributed by atoms with Crippen molar-refractivity contribution in [2.24, 2.45) is 5.41 Å². The van der Waals surface area contributed by atoms with E-state index in [4.69, 9.17) is 10.00 Å². The number of nitrogens with zero attached hydrogens (tertiary/aromatic N) is 2. The number of hydrogen-bond acceptors (Lipinski definition) is 3. The Bertz CT molecular complexity index is 448. The maximum atomic E-state index is 8.80.